The second-order valence-corrected chi connectivity index (χ2v) is 0.983. The first-order valence-corrected chi connectivity index (χ1v) is 3.22. The predicted molar refractivity (Wildman–Crippen MR) is 27.3 cm³/mol. The van der Waals surface area contributed by atoms with Crippen LogP contribution in [0.25, 0.3) is 0 Å². The first-order valence-electron chi connectivity index (χ1n) is 2.22. The van der Waals surface area contributed by atoms with Crippen LogP contribution in [0.3, 0.4) is 0 Å². The molecule has 0 aliphatic heterocycles. The number of carbonyl (C=O) groups is 2. The molecule has 0 radical (unpaired) electrons. The van der Waals surface area contributed by atoms with Gasteiger partial charge >= 0.3 is 27.5 Å². The monoisotopic (exact) mass is 258 g/mol. The van der Waals surface area contributed by atoms with Gasteiger partial charge in [0, 0.05) is 11.9 Å². The Labute approximate surface area is 83.9 Å². The molecule has 7 nitrogen and oxygen atoms in total. The molecule has 0 heterocycles. The van der Waals surface area contributed by atoms with E-state index in [2.05, 4.69) is 0 Å². The minimum atomic E-state index is -1.08. The van der Waals surface area contributed by atoms with Crippen LogP contribution in [0.2, 0.25) is 0 Å². The van der Waals surface area contributed by atoms with Gasteiger partial charge in [-0.1, -0.05) is 0 Å². The summed E-state index contributed by atoms with van der Waals surface area (Å²) >= 11 is 0.300. The Kier molecular flexibility index (Phi) is 58.7. The van der Waals surface area contributed by atoms with Crippen molar-refractivity contribution in [1.82, 2.24) is 0 Å². The minimum absolute atomic E-state index is 0.300. The molecular formula is C4H8O7Zr. The summed E-state index contributed by atoms with van der Waals surface area (Å²) in [4.78, 5) is 17.8. The molecular weight excluding hydrogens is 251 g/mol. The number of aliphatic carboxylic acids is 2. The zero-order chi connectivity index (χ0) is 11.2. The number of carbonyl (C=O) groups excluding carboxylic acids is 2. The molecule has 0 spiro atoms. The van der Waals surface area contributed by atoms with Crippen LogP contribution in [-0.2, 0) is 37.1 Å². The Hall–Kier alpha value is -0.457. The Balaban J connectivity index is -0.0000000380. The van der Waals surface area contributed by atoms with Gasteiger partial charge in [0.05, 0.1) is 0 Å². The van der Waals surface area contributed by atoms with Gasteiger partial charge < -0.3 is 19.8 Å². The zero-order valence-electron chi connectivity index (χ0n) is 6.44. The summed E-state index contributed by atoms with van der Waals surface area (Å²) in [6.07, 6.45) is 0. The third-order valence-electron chi connectivity index (χ3n) is 0. The molecule has 0 aliphatic carbocycles. The zero-order valence-corrected chi connectivity index (χ0v) is 8.89. The molecule has 12 heavy (non-hydrogen) atoms. The molecule has 0 aliphatic rings. The Bertz CT molecular complexity index is 83.6. The van der Waals surface area contributed by atoms with Crippen LogP contribution >= 0.6 is 0 Å². The molecule has 0 bridgehead atoms. The van der Waals surface area contributed by atoms with E-state index in [1.165, 1.54) is 0 Å². The van der Waals surface area contributed by atoms with E-state index in [1.54, 1.807) is 0 Å². The van der Waals surface area contributed by atoms with E-state index in [1.807, 2.05) is 0 Å². The maximum atomic E-state index is 8.89. The van der Waals surface area contributed by atoms with Crippen molar-refractivity contribution >= 4 is 11.9 Å². The number of hydrogen-bond donors (Lipinski definition) is 2. The molecule has 0 unspecified atom stereocenters. The first-order chi connectivity index (χ1) is 5.46. The molecule has 2 N–H and O–H groups in total. The number of carboxylic acid groups (broad SMARTS) is 2. The standard InChI is InChI=1S/2C2H4O2.H2O2.O.Zr/c2*1-2(3)4;1-2;;/h2*1H3,(H,3,4);1-2H;;/q;;;;+2/p-2. The van der Waals surface area contributed by atoms with Crippen LogP contribution in [-0.4, -0.2) is 22.5 Å². The van der Waals surface area contributed by atoms with Crippen molar-refractivity contribution < 1.29 is 57.9 Å². The average molecular weight is 259 g/mol. The SMILES string of the molecule is CC(=O)[O-].CC(=O)[O-].OO.[O]=[Zr+2]. The molecule has 0 fully saturated rings. The van der Waals surface area contributed by atoms with Crippen LogP contribution in [0.4, 0.5) is 0 Å². The number of carboxylic acids is 2. The number of rotatable bonds is 0. The molecule has 0 rings (SSSR count). The van der Waals surface area contributed by atoms with E-state index in [-0.39, 0.29) is 0 Å². The maximum absolute atomic E-state index is 8.89. The van der Waals surface area contributed by atoms with Crippen LogP contribution < -0.4 is 10.2 Å². The van der Waals surface area contributed by atoms with Crippen molar-refractivity contribution in [3.8, 4) is 0 Å². The second-order valence-electron chi connectivity index (χ2n) is 0.983. The molecule has 0 aromatic heterocycles. The van der Waals surface area contributed by atoms with Crippen molar-refractivity contribution in [3.63, 3.8) is 0 Å². The van der Waals surface area contributed by atoms with Crippen molar-refractivity contribution in [2.75, 3.05) is 0 Å². The molecule has 0 aromatic carbocycles. The molecule has 8 heteroatoms. The molecule has 0 saturated carbocycles. The molecule has 0 saturated heterocycles. The van der Waals surface area contributed by atoms with Gasteiger partial charge in [-0.2, -0.15) is 0 Å². The fourth-order valence-corrected chi connectivity index (χ4v) is 0. The Morgan fingerprint density at radius 2 is 1.00 bits per heavy atom. The summed E-state index contributed by atoms with van der Waals surface area (Å²) in [6, 6.07) is 0. The van der Waals surface area contributed by atoms with Crippen LogP contribution in [0, 0.1) is 0 Å². The van der Waals surface area contributed by atoms with Crippen LogP contribution in [0.15, 0.2) is 0 Å². The first kappa shape index (κ1) is 22.6. The van der Waals surface area contributed by atoms with Crippen LogP contribution in [0.1, 0.15) is 13.8 Å². The van der Waals surface area contributed by atoms with E-state index >= 15 is 0 Å². The fraction of sp³-hybridized carbons (Fsp3) is 0.500. The Morgan fingerprint density at radius 3 is 1.00 bits per heavy atom. The molecule has 0 aromatic rings. The molecule has 0 amide bonds. The van der Waals surface area contributed by atoms with E-state index in [0.717, 1.165) is 13.8 Å². The predicted octanol–water partition coefficient (Wildman–Crippen LogP) is -2.59. The molecule has 0 atom stereocenters. The van der Waals surface area contributed by atoms with E-state index < -0.39 is 11.9 Å². The van der Waals surface area contributed by atoms with Gasteiger partial charge in [0.1, 0.15) is 0 Å². The second kappa shape index (κ2) is 31.2. The van der Waals surface area contributed by atoms with Crippen molar-refractivity contribution in [3.05, 3.63) is 0 Å². The normalized spacial score (nSPS) is 5.17. The van der Waals surface area contributed by atoms with Gasteiger partial charge in [-0.25, -0.2) is 0 Å². The summed E-state index contributed by atoms with van der Waals surface area (Å²) in [5, 5.41) is 29.8. The van der Waals surface area contributed by atoms with Gasteiger partial charge in [-0.15, -0.1) is 0 Å². The quantitative estimate of drug-likeness (QED) is 0.359. The summed E-state index contributed by atoms with van der Waals surface area (Å²) in [7, 11) is 0. The van der Waals surface area contributed by atoms with E-state index in [9.17, 15) is 0 Å². The van der Waals surface area contributed by atoms with Gasteiger partial charge in [0.25, 0.3) is 0 Å². The van der Waals surface area contributed by atoms with Gasteiger partial charge in [0.2, 0.25) is 0 Å². The summed E-state index contributed by atoms with van der Waals surface area (Å²) < 4.78 is 8.34. The van der Waals surface area contributed by atoms with E-state index in [4.69, 9.17) is 33.1 Å². The summed E-state index contributed by atoms with van der Waals surface area (Å²) in [5.41, 5.74) is 0. The van der Waals surface area contributed by atoms with Crippen molar-refractivity contribution in [1.29, 1.82) is 0 Å². The van der Waals surface area contributed by atoms with Crippen molar-refractivity contribution in [2.24, 2.45) is 0 Å². The third kappa shape index (κ3) is 3340. The average Bonchev–Trinajstić information content (AvgIpc) is 1.93. The fourth-order valence-electron chi connectivity index (χ4n) is 0. The Morgan fingerprint density at radius 1 is 1.00 bits per heavy atom. The summed E-state index contributed by atoms with van der Waals surface area (Å²) in [5.74, 6) is -2.17. The van der Waals surface area contributed by atoms with Crippen LogP contribution in [0.5, 0.6) is 0 Å². The van der Waals surface area contributed by atoms with E-state index in [0.29, 0.717) is 24.7 Å². The van der Waals surface area contributed by atoms with Gasteiger partial charge in [-0.3, -0.25) is 10.5 Å². The number of hydrogen-bond acceptors (Lipinski definition) is 7. The van der Waals surface area contributed by atoms with Gasteiger partial charge in [0.15, 0.2) is 0 Å². The topological polar surface area (TPSA) is 138 Å². The third-order valence-corrected chi connectivity index (χ3v) is 0. The molecule has 70 valence electrons. The van der Waals surface area contributed by atoms with Crippen molar-refractivity contribution in [2.45, 2.75) is 13.8 Å². The van der Waals surface area contributed by atoms with Gasteiger partial charge in [-0.05, 0) is 13.8 Å². The summed E-state index contributed by atoms with van der Waals surface area (Å²) in [6.45, 7) is 1.94.